The van der Waals surface area contributed by atoms with Crippen LogP contribution in [0.5, 0.6) is 0 Å². The van der Waals surface area contributed by atoms with E-state index in [0.29, 0.717) is 16.6 Å². The number of aromatic nitrogens is 2. The molecule has 0 N–H and O–H groups in total. The lowest BCUT2D eigenvalue weighted by molar-refractivity contribution is 0.383. The molecule has 0 saturated heterocycles. The van der Waals surface area contributed by atoms with Crippen molar-refractivity contribution in [3.63, 3.8) is 0 Å². The zero-order chi connectivity index (χ0) is 9.26. The molecule has 0 aromatic carbocycles. The Bertz CT molecular complexity index is 384. The summed E-state index contributed by atoms with van der Waals surface area (Å²) in [4.78, 5) is 3.98. The number of alkyl halides is 2. The Balaban J connectivity index is 2.74. The van der Waals surface area contributed by atoms with E-state index in [2.05, 4.69) is 4.98 Å². The topological polar surface area (TPSA) is 17.8 Å². The molecule has 0 saturated carbocycles. The van der Waals surface area contributed by atoms with E-state index >= 15 is 0 Å². The lowest BCUT2D eigenvalue weighted by atomic mass is 10.2. The average Bonchev–Trinajstić information content (AvgIpc) is 2.56. The van der Waals surface area contributed by atoms with E-state index in [1.807, 2.05) is 0 Å². The molecule has 4 heteroatoms. The first kappa shape index (κ1) is 8.16. The summed E-state index contributed by atoms with van der Waals surface area (Å²) in [5.74, 6) is 0. The molecule has 2 nitrogen and oxygen atoms in total. The molecule has 0 aliphatic heterocycles. The second-order valence-electron chi connectivity index (χ2n) is 2.75. The predicted octanol–water partition coefficient (Wildman–Crippen LogP) is 2.43. The van der Waals surface area contributed by atoms with Crippen LogP contribution in [0, 0.1) is 0 Å². The van der Waals surface area contributed by atoms with Gasteiger partial charge in [-0.25, -0.2) is 13.8 Å². The first-order chi connectivity index (χ1) is 6.36. The standard InChI is InChI=1S/C9H8F2N2/c10-4-7-5-13(6-11)9-8(7)2-1-3-12-9/h1-3,5H,4,6H2. The van der Waals surface area contributed by atoms with Crippen molar-refractivity contribution < 1.29 is 8.78 Å². The number of hydrogen-bond donors (Lipinski definition) is 0. The Morgan fingerprint density at radius 1 is 1.38 bits per heavy atom. The van der Waals surface area contributed by atoms with E-state index in [9.17, 15) is 8.78 Å². The van der Waals surface area contributed by atoms with E-state index in [-0.39, 0.29) is 0 Å². The fraction of sp³-hybridized carbons (Fsp3) is 0.222. The molecule has 0 aliphatic rings. The molecule has 0 unspecified atom stereocenters. The second-order valence-corrected chi connectivity index (χ2v) is 2.75. The molecule has 2 aromatic heterocycles. The van der Waals surface area contributed by atoms with Gasteiger partial charge in [-0.1, -0.05) is 0 Å². The molecule has 2 rings (SSSR count). The van der Waals surface area contributed by atoms with Gasteiger partial charge in [-0.15, -0.1) is 0 Å². The van der Waals surface area contributed by atoms with E-state index < -0.39 is 13.5 Å². The van der Waals surface area contributed by atoms with Crippen LogP contribution in [0.2, 0.25) is 0 Å². The van der Waals surface area contributed by atoms with Crippen LogP contribution in [0.1, 0.15) is 5.56 Å². The number of hydrogen-bond acceptors (Lipinski definition) is 1. The third-order valence-corrected chi connectivity index (χ3v) is 1.99. The van der Waals surface area contributed by atoms with Gasteiger partial charge in [0, 0.05) is 23.3 Å². The number of fused-ring (bicyclic) bond motifs is 1. The summed E-state index contributed by atoms with van der Waals surface area (Å²) in [6, 6.07) is 3.45. The highest BCUT2D eigenvalue weighted by molar-refractivity contribution is 5.80. The number of nitrogens with zero attached hydrogens (tertiary/aromatic N) is 2. The van der Waals surface area contributed by atoms with Gasteiger partial charge >= 0.3 is 0 Å². The molecule has 0 atom stereocenters. The largest absolute Gasteiger partial charge is 0.304 e. The predicted molar refractivity (Wildman–Crippen MR) is 45.7 cm³/mol. The summed E-state index contributed by atoms with van der Waals surface area (Å²) in [7, 11) is 0. The van der Waals surface area contributed by atoms with E-state index in [1.54, 1.807) is 18.3 Å². The van der Waals surface area contributed by atoms with Crippen LogP contribution < -0.4 is 0 Å². The van der Waals surface area contributed by atoms with Gasteiger partial charge in [0.25, 0.3) is 0 Å². The van der Waals surface area contributed by atoms with E-state index in [0.717, 1.165) is 0 Å². The Labute approximate surface area is 73.8 Å². The van der Waals surface area contributed by atoms with Crippen LogP contribution in [-0.4, -0.2) is 9.55 Å². The van der Waals surface area contributed by atoms with Crippen molar-refractivity contribution in [2.75, 3.05) is 0 Å². The Morgan fingerprint density at radius 2 is 2.23 bits per heavy atom. The fourth-order valence-electron chi connectivity index (χ4n) is 1.39. The average molecular weight is 182 g/mol. The van der Waals surface area contributed by atoms with Gasteiger partial charge in [0.1, 0.15) is 12.3 Å². The number of rotatable bonds is 2. The van der Waals surface area contributed by atoms with Crippen LogP contribution in [0.3, 0.4) is 0 Å². The van der Waals surface area contributed by atoms with Gasteiger partial charge in [0.05, 0.1) is 0 Å². The molecule has 0 spiro atoms. The lowest BCUT2D eigenvalue weighted by Crippen LogP contribution is -1.90. The zero-order valence-corrected chi connectivity index (χ0v) is 6.87. The van der Waals surface area contributed by atoms with E-state index in [4.69, 9.17) is 0 Å². The third-order valence-electron chi connectivity index (χ3n) is 1.99. The molecular weight excluding hydrogens is 174 g/mol. The molecule has 2 aromatic rings. The smallest absolute Gasteiger partial charge is 0.166 e. The van der Waals surface area contributed by atoms with Crippen molar-refractivity contribution in [3.8, 4) is 0 Å². The minimum absolute atomic E-state index is 0.487. The van der Waals surface area contributed by atoms with Gasteiger partial charge in [-0.05, 0) is 12.1 Å². The Kier molecular flexibility index (Phi) is 1.96. The van der Waals surface area contributed by atoms with Crippen LogP contribution in [0.4, 0.5) is 8.78 Å². The molecule has 2 heterocycles. The minimum atomic E-state index is -0.673. The molecule has 68 valence electrons. The van der Waals surface area contributed by atoms with Crippen LogP contribution in [0.25, 0.3) is 11.0 Å². The van der Waals surface area contributed by atoms with Gasteiger partial charge < -0.3 is 4.57 Å². The molecule has 0 radical (unpaired) electrons. The van der Waals surface area contributed by atoms with Crippen molar-refractivity contribution in [2.45, 2.75) is 13.5 Å². The fourth-order valence-corrected chi connectivity index (χ4v) is 1.39. The Hall–Kier alpha value is -1.45. The highest BCUT2D eigenvalue weighted by Gasteiger charge is 2.07. The zero-order valence-electron chi connectivity index (χ0n) is 6.87. The summed E-state index contributed by atoms with van der Waals surface area (Å²) in [5, 5.41) is 0.683. The van der Waals surface area contributed by atoms with Gasteiger partial charge in [-0.2, -0.15) is 0 Å². The van der Waals surface area contributed by atoms with Crippen LogP contribution in [0.15, 0.2) is 24.5 Å². The minimum Gasteiger partial charge on any atom is -0.304 e. The van der Waals surface area contributed by atoms with Crippen molar-refractivity contribution in [3.05, 3.63) is 30.1 Å². The van der Waals surface area contributed by atoms with Crippen molar-refractivity contribution in [2.24, 2.45) is 0 Å². The SMILES string of the molecule is FCc1cn(CF)c2ncccc12. The van der Waals surface area contributed by atoms with Crippen LogP contribution in [-0.2, 0) is 13.5 Å². The maximum Gasteiger partial charge on any atom is 0.166 e. The first-order valence-corrected chi connectivity index (χ1v) is 3.91. The normalized spacial score (nSPS) is 10.9. The van der Waals surface area contributed by atoms with Crippen molar-refractivity contribution >= 4 is 11.0 Å². The number of pyridine rings is 1. The summed E-state index contributed by atoms with van der Waals surface area (Å²) in [5.41, 5.74) is 0.985. The van der Waals surface area contributed by atoms with Crippen molar-refractivity contribution in [1.29, 1.82) is 0 Å². The summed E-state index contributed by atoms with van der Waals surface area (Å²) in [6.07, 6.45) is 3.02. The first-order valence-electron chi connectivity index (χ1n) is 3.91. The van der Waals surface area contributed by atoms with Gasteiger partial charge in [-0.3, -0.25) is 0 Å². The highest BCUT2D eigenvalue weighted by Crippen LogP contribution is 2.19. The van der Waals surface area contributed by atoms with Crippen LogP contribution >= 0.6 is 0 Å². The van der Waals surface area contributed by atoms with E-state index in [1.165, 1.54) is 10.8 Å². The van der Waals surface area contributed by atoms with Crippen molar-refractivity contribution in [1.82, 2.24) is 9.55 Å². The molecule has 0 amide bonds. The van der Waals surface area contributed by atoms with Gasteiger partial charge in [0.2, 0.25) is 0 Å². The summed E-state index contributed by atoms with van der Waals surface area (Å²) < 4.78 is 26.1. The Morgan fingerprint density at radius 3 is 2.92 bits per heavy atom. The maximum absolute atomic E-state index is 12.4. The second kappa shape index (κ2) is 3.12. The summed E-state index contributed by atoms with van der Waals surface area (Å²) in [6.45, 7) is -1.26. The molecule has 0 aliphatic carbocycles. The molecular formula is C9H8F2N2. The monoisotopic (exact) mass is 182 g/mol. The van der Waals surface area contributed by atoms with Gasteiger partial charge in [0.15, 0.2) is 6.80 Å². The number of halogens is 2. The lowest BCUT2D eigenvalue weighted by Gasteiger charge is -1.94. The molecule has 13 heavy (non-hydrogen) atoms. The summed E-state index contributed by atoms with van der Waals surface area (Å²) >= 11 is 0. The molecule has 0 bridgehead atoms. The molecule has 0 fully saturated rings. The maximum atomic E-state index is 12.4. The highest BCUT2D eigenvalue weighted by atomic mass is 19.1. The quantitative estimate of drug-likeness (QED) is 0.697. The third kappa shape index (κ3) is 1.18.